The minimum Gasteiger partial charge on any atom is -0.497 e. The summed E-state index contributed by atoms with van der Waals surface area (Å²) in [5, 5.41) is 5.97. The summed E-state index contributed by atoms with van der Waals surface area (Å²) in [6.45, 7) is 1.32. The van der Waals surface area contributed by atoms with E-state index < -0.39 is 0 Å². The highest BCUT2D eigenvalue weighted by Crippen LogP contribution is 2.30. The second-order valence-corrected chi connectivity index (χ2v) is 6.52. The van der Waals surface area contributed by atoms with Gasteiger partial charge in [0.05, 0.1) is 7.11 Å². The summed E-state index contributed by atoms with van der Waals surface area (Å²) in [6, 6.07) is 16.4. The zero-order chi connectivity index (χ0) is 17.5. The molecule has 1 aliphatic carbocycles. The minimum atomic E-state index is -0.0865. The fourth-order valence-corrected chi connectivity index (χ4v) is 3.46. The molecule has 2 aromatic rings. The third-order valence-electron chi connectivity index (χ3n) is 4.86. The molecule has 1 atom stereocenters. The van der Waals surface area contributed by atoms with Crippen LogP contribution < -0.4 is 15.4 Å². The topological polar surface area (TPSA) is 50.4 Å². The zero-order valence-corrected chi connectivity index (χ0v) is 14.8. The summed E-state index contributed by atoms with van der Waals surface area (Å²) in [7, 11) is 1.66. The Morgan fingerprint density at radius 2 is 1.92 bits per heavy atom. The van der Waals surface area contributed by atoms with E-state index in [-0.39, 0.29) is 6.03 Å². The Labute approximate surface area is 149 Å². The quantitative estimate of drug-likeness (QED) is 0.844. The first-order valence-corrected chi connectivity index (χ1v) is 8.98. The van der Waals surface area contributed by atoms with E-state index in [0.29, 0.717) is 19.0 Å². The number of carbonyl (C=O) groups is 1. The predicted octanol–water partition coefficient (Wildman–Crippen LogP) is 3.66. The van der Waals surface area contributed by atoms with Crippen molar-refractivity contribution in [2.75, 3.05) is 20.2 Å². The van der Waals surface area contributed by atoms with Crippen LogP contribution in [0.3, 0.4) is 0 Å². The van der Waals surface area contributed by atoms with Crippen LogP contribution in [0.1, 0.15) is 35.4 Å². The lowest BCUT2D eigenvalue weighted by atomic mass is 9.83. The maximum absolute atomic E-state index is 12.0. The number of benzene rings is 2. The Balaban J connectivity index is 1.41. The van der Waals surface area contributed by atoms with E-state index in [4.69, 9.17) is 4.74 Å². The summed E-state index contributed by atoms with van der Waals surface area (Å²) in [4.78, 5) is 12.0. The van der Waals surface area contributed by atoms with E-state index >= 15 is 0 Å². The number of methoxy groups -OCH3 is 1. The van der Waals surface area contributed by atoms with Gasteiger partial charge in [-0.15, -0.1) is 0 Å². The van der Waals surface area contributed by atoms with Gasteiger partial charge in [0.1, 0.15) is 5.75 Å². The molecule has 25 heavy (non-hydrogen) atoms. The summed E-state index contributed by atoms with van der Waals surface area (Å²) in [5.74, 6) is 1.28. The second kappa shape index (κ2) is 8.56. The third kappa shape index (κ3) is 4.75. The van der Waals surface area contributed by atoms with E-state index in [1.54, 1.807) is 7.11 Å². The number of hydrogen-bond acceptors (Lipinski definition) is 2. The number of fused-ring (bicyclic) bond motifs is 1. The van der Waals surface area contributed by atoms with Crippen molar-refractivity contribution in [2.24, 2.45) is 0 Å². The average Bonchev–Trinajstić information content (AvgIpc) is 2.67. The Morgan fingerprint density at radius 1 is 1.12 bits per heavy atom. The van der Waals surface area contributed by atoms with Gasteiger partial charge in [-0.3, -0.25) is 0 Å². The molecule has 0 fully saturated rings. The largest absolute Gasteiger partial charge is 0.497 e. The van der Waals surface area contributed by atoms with Crippen LogP contribution in [0.5, 0.6) is 5.75 Å². The van der Waals surface area contributed by atoms with Crippen LogP contribution in [0.25, 0.3) is 0 Å². The highest BCUT2D eigenvalue weighted by Gasteiger charge is 2.19. The normalized spacial score (nSPS) is 16.0. The molecular formula is C21H26N2O2. The lowest BCUT2D eigenvalue weighted by Gasteiger charge is -2.25. The van der Waals surface area contributed by atoms with E-state index in [1.807, 2.05) is 24.3 Å². The zero-order valence-electron chi connectivity index (χ0n) is 14.8. The molecule has 0 aromatic heterocycles. The Bertz CT molecular complexity index is 697. The van der Waals surface area contributed by atoms with Crippen molar-refractivity contribution in [1.29, 1.82) is 0 Å². The number of amides is 2. The molecule has 0 heterocycles. The number of urea groups is 1. The van der Waals surface area contributed by atoms with Gasteiger partial charge in [0.15, 0.2) is 0 Å². The van der Waals surface area contributed by atoms with Crippen LogP contribution in [0.4, 0.5) is 4.79 Å². The van der Waals surface area contributed by atoms with Crippen LogP contribution in [0.15, 0.2) is 48.5 Å². The van der Waals surface area contributed by atoms with Gasteiger partial charge in [0, 0.05) is 19.0 Å². The molecule has 0 radical (unpaired) electrons. The monoisotopic (exact) mass is 338 g/mol. The molecule has 132 valence electrons. The number of nitrogens with one attached hydrogen (secondary N) is 2. The lowest BCUT2D eigenvalue weighted by Crippen LogP contribution is -2.39. The maximum Gasteiger partial charge on any atom is 0.314 e. The highest BCUT2D eigenvalue weighted by molar-refractivity contribution is 5.73. The first-order valence-electron chi connectivity index (χ1n) is 8.98. The van der Waals surface area contributed by atoms with Crippen LogP contribution in [-0.2, 0) is 12.8 Å². The van der Waals surface area contributed by atoms with Gasteiger partial charge >= 0.3 is 6.03 Å². The van der Waals surface area contributed by atoms with Crippen LogP contribution in [0, 0.1) is 0 Å². The summed E-state index contributed by atoms with van der Waals surface area (Å²) < 4.78 is 5.15. The molecule has 3 rings (SSSR count). The fourth-order valence-electron chi connectivity index (χ4n) is 3.46. The summed E-state index contributed by atoms with van der Waals surface area (Å²) in [5.41, 5.74) is 4.01. The van der Waals surface area contributed by atoms with Gasteiger partial charge in [0.25, 0.3) is 0 Å². The van der Waals surface area contributed by atoms with Gasteiger partial charge in [-0.1, -0.05) is 36.4 Å². The van der Waals surface area contributed by atoms with Crippen molar-refractivity contribution in [1.82, 2.24) is 10.6 Å². The van der Waals surface area contributed by atoms with E-state index in [0.717, 1.165) is 25.0 Å². The SMILES string of the molecule is COc1ccc(CCNC(=O)NCC2CCCc3ccccc32)cc1. The molecule has 4 nitrogen and oxygen atoms in total. The molecule has 2 amide bonds. The molecule has 0 bridgehead atoms. The molecule has 1 unspecified atom stereocenters. The summed E-state index contributed by atoms with van der Waals surface area (Å²) in [6.07, 6.45) is 4.30. The molecule has 1 aliphatic rings. The van der Waals surface area contributed by atoms with Crippen molar-refractivity contribution in [2.45, 2.75) is 31.6 Å². The standard InChI is InChI=1S/C21H26N2O2/c1-25-19-11-9-16(10-12-19)13-14-22-21(24)23-15-18-7-4-6-17-5-2-3-8-20(17)18/h2-3,5,8-12,18H,4,6-7,13-15H2,1H3,(H2,22,23,24). The van der Waals surface area contributed by atoms with Crippen molar-refractivity contribution in [3.63, 3.8) is 0 Å². The first-order chi connectivity index (χ1) is 12.3. The molecule has 0 saturated heterocycles. The molecule has 0 saturated carbocycles. The number of carbonyl (C=O) groups excluding carboxylic acids is 1. The first kappa shape index (κ1) is 17.3. The number of aryl methyl sites for hydroxylation is 1. The van der Waals surface area contributed by atoms with Crippen molar-refractivity contribution in [3.05, 3.63) is 65.2 Å². The van der Waals surface area contributed by atoms with E-state index in [2.05, 4.69) is 34.9 Å². The summed E-state index contributed by atoms with van der Waals surface area (Å²) >= 11 is 0. The number of rotatable bonds is 6. The highest BCUT2D eigenvalue weighted by atomic mass is 16.5. The fraction of sp³-hybridized carbons (Fsp3) is 0.381. The van der Waals surface area contributed by atoms with Crippen molar-refractivity contribution in [3.8, 4) is 5.75 Å². The molecule has 0 spiro atoms. The molecule has 2 N–H and O–H groups in total. The van der Waals surface area contributed by atoms with Crippen molar-refractivity contribution >= 4 is 6.03 Å². The van der Waals surface area contributed by atoms with E-state index in [9.17, 15) is 4.79 Å². The van der Waals surface area contributed by atoms with Crippen LogP contribution >= 0.6 is 0 Å². The average molecular weight is 338 g/mol. The molecule has 4 heteroatoms. The van der Waals surface area contributed by atoms with Gasteiger partial charge in [-0.25, -0.2) is 4.79 Å². The Kier molecular flexibility index (Phi) is 5.94. The Morgan fingerprint density at radius 3 is 2.72 bits per heavy atom. The molecule has 0 aliphatic heterocycles. The smallest absolute Gasteiger partial charge is 0.314 e. The van der Waals surface area contributed by atoms with Gasteiger partial charge in [-0.05, 0) is 54.5 Å². The van der Waals surface area contributed by atoms with Gasteiger partial charge < -0.3 is 15.4 Å². The van der Waals surface area contributed by atoms with Crippen LogP contribution in [0.2, 0.25) is 0 Å². The van der Waals surface area contributed by atoms with Crippen molar-refractivity contribution < 1.29 is 9.53 Å². The van der Waals surface area contributed by atoms with Gasteiger partial charge in [0.2, 0.25) is 0 Å². The molecular weight excluding hydrogens is 312 g/mol. The lowest BCUT2D eigenvalue weighted by molar-refractivity contribution is 0.240. The minimum absolute atomic E-state index is 0.0865. The number of hydrogen-bond donors (Lipinski definition) is 2. The van der Waals surface area contributed by atoms with E-state index in [1.165, 1.54) is 23.1 Å². The second-order valence-electron chi connectivity index (χ2n) is 6.52. The van der Waals surface area contributed by atoms with Crippen LogP contribution in [-0.4, -0.2) is 26.2 Å². The number of ether oxygens (including phenoxy) is 1. The Hall–Kier alpha value is -2.49. The predicted molar refractivity (Wildman–Crippen MR) is 100 cm³/mol. The maximum atomic E-state index is 12.0. The molecule has 2 aromatic carbocycles. The van der Waals surface area contributed by atoms with Gasteiger partial charge in [-0.2, -0.15) is 0 Å². The third-order valence-corrected chi connectivity index (χ3v) is 4.86.